The molecule has 0 fully saturated rings. The highest BCUT2D eigenvalue weighted by molar-refractivity contribution is 5.92. The van der Waals surface area contributed by atoms with Gasteiger partial charge in [-0.2, -0.15) is 0 Å². The largest absolute Gasteiger partial charge is 0.373 e. The molecule has 154 valence electrons. The molecule has 4 rings (SSSR count). The summed E-state index contributed by atoms with van der Waals surface area (Å²) in [6.07, 6.45) is 19.5. The molecule has 31 heavy (non-hydrogen) atoms. The minimum atomic E-state index is -0.454. The predicted molar refractivity (Wildman–Crippen MR) is 121 cm³/mol. The maximum Gasteiger partial charge on any atom is 0.248 e. The molecule has 1 atom stereocenters. The van der Waals surface area contributed by atoms with Crippen LogP contribution in [0.4, 0.5) is 5.69 Å². The molecule has 0 saturated heterocycles. The molecule has 1 unspecified atom stereocenters. The fourth-order valence-corrected chi connectivity index (χ4v) is 3.59. The number of terminal acetylenes is 1. The first-order chi connectivity index (χ1) is 15.1. The number of aliphatic imine (C=N–C) groups is 1. The summed E-state index contributed by atoms with van der Waals surface area (Å²) in [4.78, 5) is 33.8. The number of nitrogens with zero attached hydrogens (tertiary/aromatic N) is 3. The molecule has 0 spiro atoms. The van der Waals surface area contributed by atoms with E-state index < -0.39 is 6.04 Å². The molecule has 0 bridgehead atoms. The summed E-state index contributed by atoms with van der Waals surface area (Å²) < 4.78 is 0. The van der Waals surface area contributed by atoms with Gasteiger partial charge in [-0.15, -0.1) is 6.42 Å². The van der Waals surface area contributed by atoms with Crippen molar-refractivity contribution in [1.82, 2.24) is 15.2 Å². The number of amides is 1. The van der Waals surface area contributed by atoms with E-state index in [1.165, 1.54) is 5.57 Å². The van der Waals surface area contributed by atoms with Gasteiger partial charge in [0.25, 0.3) is 0 Å². The summed E-state index contributed by atoms with van der Waals surface area (Å²) in [5, 5.41) is 5.62. The third-order valence-electron chi connectivity index (χ3n) is 5.30. The average molecular weight is 411 g/mol. The topological polar surface area (TPSA) is 86.7 Å². The Morgan fingerprint density at radius 1 is 1.42 bits per heavy atom. The van der Waals surface area contributed by atoms with Crippen molar-refractivity contribution in [3.05, 3.63) is 70.4 Å². The van der Waals surface area contributed by atoms with Gasteiger partial charge in [0.2, 0.25) is 5.91 Å². The molecule has 0 aliphatic carbocycles. The van der Waals surface area contributed by atoms with Gasteiger partial charge in [0, 0.05) is 32.5 Å². The Bertz CT molecular complexity index is 1160. The minimum absolute atomic E-state index is 0.114. The Morgan fingerprint density at radius 2 is 2.29 bits per heavy atom. The Labute approximate surface area is 180 Å². The van der Waals surface area contributed by atoms with Gasteiger partial charge in [-0.25, -0.2) is 4.79 Å². The van der Waals surface area contributed by atoms with Crippen LogP contribution in [0.25, 0.3) is 6.08 Å². The third-order valence-corrected chi connectivity index (χ3v) is 5.30. The van der Waals surface area contributed by atoms with Crippen LogP contribution in [0.5, 0.6) is 0 Å². The van der Waals surface area contributed by atoms with Gasteiger partial charge >= 0.3 is 0 Å². The maximum atomic E-state index is 11.7. The summed E-state index contributed by atoms with van der Waals surface area (Å²) >= 11 is 0. The summed E-state index contributed by atoms with van der Waals surface area (Å²) in [6, 6.07) is 1.52. The van der Waals surface area contributed by atoms with Gasteiger partial charge in [-0.05, 0) is 47.5 Å². The number of pyridine rings is 1. The van der Waals surface area contributed by atoms with Crippen molar-refractivity contribution in [3.8, 4) is 12.3 Å². The van der Waals surface area contributed by atoms with Crippen LogP contribution in [0, 0.1) is 12.3 Å². The molecule has 1 aromatic rings. The van der Waals surface area contributed by atoms with E-state index in [9.17, 15) is 9.59 Å². The monoisotopic (exact) mass is 411 g/mol. The van der Waals surface area contributed by atoms with Gasteiger partial charge in [-0.3, -0.25) is 14.8 Å². The smallest absolute Gasteiger partial charge is 0.248 e. The first-order valence-corrected chi connectivity index (χ1v) is 9.89. The zero-order valence-corrected chi connectivity index (χ0v) is 17.1. The van der Waals surface area contributed by atoms with Crippen molar-refractivity contribution in [3.63, 3.8) is 0 Å². The highest BCUT2D eigenvalue weighted by Gasteiger charge is 2.18. The fourth-order valence-electron chi connectivity index (χ4n) is 3.59. The van der Waals surface area contributed by atoms with Crippen LogP contribution in [0.1, 0.15) is 17.7 Å². The number of rotatable bonds is 3. The average Bonchev–Trinajstić information content (AvgIpc) is 2.83. The Morgan fingerprint density at radius 3 is 2.94 bits per heavy atom. The second-order valence-corrected chi connectivity index (χ2v) is 7.29. The van der Waals surface area contributed by atoms with Crippen LogP contribution in [0.15, 0.2) is 64.1 Å². The Kier molecular flexibility index (Phi) is 5.65. The summed E-state index contributed by atoms with van der Waals surface area (Å²) in [5.74, 6) is 4.20. The van der Waals surface area contributed by atoms with E-state index in [4.69, 9.17) is 6.42 Å². The van der Waals surface area contributed by atoms with E-state index in [-0.39, 0.29) is 11.6 Å². The zero-order chi connectivity index (χ0) is 21.8. The standard InChI is InChI=1S/C24H21N5O2/c1-3-17-11-21-22(28-23(17)15-30)10-16(12-26-21)14-29-8-6-18(7-9-29)19-4-5-20(27-13-19)24(31)25-2/h1,4-6,8,10-13,20,28H,7,9,14H2,2H3,(H,25,31). The van der Waals surface area contributed by atoms with E-state index in [2.05, 4.69) is 43.7 Å². The number of carbonyl (C=O) groups excluding carboxylic acids is 2. The molecule has 7 heteroatoms. The van der Waals surface area contributed by atoms with Crippen molar-refractivity contribution >= 4 is 29.8 Å². The second kappa shape index (κ2) is 8.70. The molecule has 0 radical (unpaired) electrons. The van der Waals surface area contributed by atoms with Crippen LogP contribution in [-0.2, 0) is 16.1 Å². The number of carbonyl (C=O) groups is 1. The Hall–Kier alpha value is -4.14. The van der Waals surface area contributed by atoms with Crippen LogP contribution >= 0.6 is 0 Å². The molecule has 0 saturated carbocycles. The number of anilines is 1. The molecule has 3 aliphatic heterocycles. The highest BCUT2D eigenvalue weighted by Crippen LogP contribution is 2.28. The minimum Gasteiger partial charge on any atom is -0.373 e. The Balaban J connectivity index is 1.45. The van der Waals surface area contributed by atoms with Crippen LogP contribution in [-0.4, -0.2) is 47.6 Å². The SMILES string of the molecule is C#CC1=Cc2ncc(CN3C=CC(=C4C=CC(C(=O)NC)N=C4)CC3)cc2NC1=C=O. The van der Waals surface area contributed by atoms with Gasteiger partial charge in [0.05, 0.1) is 17.0 Å². The molecule has 3 aliphatic rings. The molecule has 1 aromatic heterocycles. The van der Waals surface area contributed by atoms with Crippen molar-refractivity contribution in [2.24, 2.45) is 4.99 Å². The van der Waals surface area contributed by atoms with Gasteiger partial charge in [0.15, 0.2) is 5.94 Å². The molecule has 0 aromatic carbocycles. The quantitative estimate of drug-likeness (QED) is 0.587. The highest BCUT2D eigenvalue weighted by atomic mass is 16.2. The number of fused-ring (bicyclic) bond motifs is 1. The number of allylic oxidation sites excluding steroid dienone is 4. The zero-order valence-electron chi connectivity index (χ0n) is 17.1. The first kappa shape index (κ1) is 20.1. The first-order valence-electron chi connectivity index (χ1n) is 9.89. The van der Waals surface area contributed by atoms with Crippen LogP contribution in [0.2, 0.25) is 0 Å². The second-order valence-electron chi connectivity index (χ2n) is 7.29. The molecule has 4 heterocycles. The number of hydrogen-bond acceptors (Lipinski definition) is 6. The van der Waals surface area contributed by atoms with Crippen LogP contribution in [0.3, 0.4) is 0 Å². The van der Waals surface area contributed by atoms with Gasteiger partial charge < -0.3 is 15.5 Å². The lowest BCUT2D eigenvalue weighted by molar-refractivity contribution is -0.120. The van der Waals surface area contributed by atoms with Gasteiger partial charge in [0.1, 0.15) is 11.7 Å². The number of aromatic nitrogens is 1. The molecule has 1 amide bonds. The normalized spacial score (nSPS) is 21.5. The summed E-state index contributed by atoms with van der Waals surface area (Å²) in [6.45, 7) is 1.54. The third kappa shape index (κ3) is 4.25. The fraction of sp³-hybridized carbons (Fsp3) is 0.208. The molecule has 7 nitrogen and oxygen atoms in total. The number of likely N-dealkylation sites (N-methyl/N-ethyl adjacent to an activating group) is 1. The van der Waals surface area contributed by atoms with Crippen LogP contribution < -0.4 is 10.6 Å². The summed E-state index contributed by atoms with van der Waals surface area (Å²) in [5.41, 5.74) is 5.38. The molecular formula is C24H21N5O2. The lowest BCUT2D eigenvalue weighted by Gasteiger charge is -2.26. The van der Waals surface area contributed by atoms with E-state index in [0.717, 1.165) is 29.8 Å². The lowest BCUT2D eigenvalue weighted by atomic mass is 10.00. The van der Waals surface area contributed by atoms with E-state index in [0.29, 0.717) is 17.8 Å². The van der Waals surface area contributed by atoms with E-state index in [1.807, 2.05) is 30.4 Å². The number of dihydropyridines is 1. The number of hydrogen-bond donors (Lipinski definition) is 2. The lowest BCUT2D eigenvalue weighted by Crippen LogP contribution is -2.30. The van der Waals surface area contributed by atoms with Gasteiger partial charge in [-0.1, -0.05) is 18.1 Å². The predicted octanol–water partition coefficient (Wildman–Crippen LogP) is 2.01. The van der Waals surface area contributed by atoms with Crippen molar-refractivity contribution in [2.45, 2.75) is 19.0 Å². The molecular weight excluding hydrogens is 390 g/mol. The van der Waals surface area contributed by atoms with Crippen molar-refractivity contribution < 1.29 is 9.59 Å². The van der Waals surface area contributed by atoms with Crippen molar-refractivity contribution in [2.75, 3.05) is 18.9 Å². The summed E-state index contributed by atoms with van der Waals surface area (Å²) in [7, 11) is 1.61. The van der Waals surface area contributed by atoms with E-state index >= 15 is 0 Å². The molecule has 2 N–H and O–H groups in total. The van der Waals surface area contributed by atoms with E-state index in [1.54, 1.807) is 19.3 Å². The van der Waals surface area contributed by atoms with Crippen molar-refractivity contribution in [1.29, 1.82) is 0 Å². The number of nitrogens with one attached hydrogen (secondary N) is 2. The maximum absolute atomic E-state index is 11.7.